The van der Waals surface area contributed by atoms with Crippen molar-refractivity contribution >= 4 is 40.4 Å². The average Bonchev–Trinajstić information content (AvgIpc) is 3.45. The molecule has 9 nitrogen and oxygen atoms in total. The number of anilines is 1. The molecule has 1 atom stereocenters. The summed E-state index contributed by atoms with van der Waals surface area (Å²) in [6, 6.07) is 9.57. The van der Waals surface area contributed by atoms with Crippen molar-refractivity contribution in [2.75, 3.05) is 32.6 Å². The van der Waals surface area contributed by atoms with E-state index in [1.807, 2.05) is 14.1 Å². The number of aromatic nitrogens is 2. The number of carbonyl (C=O) groups excluding carboxylic acids is 2. The van der Waals surface area contributed by atoms with Crippen molar-refractivity contribution in [3.63, 3.8) is 0 Å². The molecule has 4 rings (SSSR count). The molecule has 0 saturated heterocycles. The van der Waals surface area contributed by atoms with Gasteiger partial charge in [-0.05, 0) is 56.9 Å². The summed E-state index contributed by atoms with van der Waals surface area (Å²) in [5.74, 6) is -0.585. The number of carbonyl (C=O) groups is 2. The number of likely N-dealkylation sites (N-methyl/N-ethyl adjacent to an activating group) is 2. The van der Waals surface area contributed by atoms with Gasteiger partial charge in [0, 0.05) is 19.3 Å². The van der Waals surface area contributed by atoms with Crippen molar-refractivity contribution < 1.29 is 14.7 Å². The van der Waals surface area contributed by atoms with E-state index < -0.39 is 6.04 Å². The van der Waals surface area contributed by atoms with Crippen LogP contribution in [-0.4, -0.2) is 58.6 Å². The molecule has 3 aromatic rings. The van der Waals surface area contributed by atoms with Crippen molar-refractivity contribution in [2.45, 2.75) is 19.0 Å². The van der Waals surface area contributed by atoms with Crippen LogP contribution in [0.2, 0.25) is 4.34 Å². The Morgan fingerprint density at radius 1 is 1.18 bits per heavy atom. The standard InChI is InChI=1S/C22H24ClN5O4S/c1-25(2)12-18(29)26(3)13-4-6-14(7-5-13)28-21(31)19-15(10-11-27(19)22(28)32)24-20(30)16-8-9-17(23)33-16/h4-9,15,31H,10-12H2,1-3H3,(H,24,30)/t15-/m1/s1. The maximum absolute atomic E-state index is 13.0. The predicted molar refractivity (Wildman–Crippen MR) is 128 cm³/mol. The molecular formula is C22H24ClN5O4S. The van der Waals surface area contributed by atoms with Gasteiger partial charge in [0.25, 0.3) is 5.91 Å². The first kappa shape index (κ1) is 23.1. The van der Waals surface area contributed by atoms with Crippen LogP contribution in [0.3, 0.4) is 0 Å². The molecule has 2 N–H and O–H groups in total. The first-order valence-electron chi connectivity index (χ1n) is 10.3. The predicted octanol–water partition coefficient (Wildman–Crippen LogP) is 2.46. The van der Waals surface area contributed by atoms with Crippen LogP contribution in [0.25, 0.3) is 5.69 Å². The minimum Gasteiger partial charge on any atom is -0.493 e. The lowest BCUT2D eigenvalue weighted by Crippen LogP contribution is -2.35. The van der Waals surface area contributed by atoms with Crippen LogP contribution in [0, 0.1) is 0 Å². The number of benzene rings is 1. The van der Waals surface area contributed by atoms with Crippen molar-refractivity contribution in [3.05, 3.63) is 61.8 Å². The Balaban J connectivity index is 1.58. The number of fused-ring (bicyclic) bond motifs is 1. The molecule has 0 saturated carbocycles. The van der Waals surface area contributed by atoms with Gasteiger partial charge in [0.05, 0.1) is 27.5 Å². The molecule has 1 aromatic carbocycles. The second-order valence-corrected chi connectivity index (χ2v) is 9.82. The summed E-state index contributed by atoms with van der Waals surface area (Å²) in [4.78, 5) is 41.6. The Bertz CT molecular complexity index is 1260. The highest BCUT2D eigenvalue weighted by atomic mass is 35.5. The van der Waals surface area contributed by atoms with Gasteiger partial charge in [0.15, 0.2) is 0 Å². The molecule has 3 heterocycles. The lowest BCUT2D eigenvalue weighted by molar-refractivity contribution is -0.118. The third kappa shape index (κ3) is 4.41. The van der Waals surface area contributed by atoms with E-state index in [0.29, 0.717) is 39.2 Å². The minimum atomic E-state index is -0.499. The van der Waals surface area contributed by atoms with Crippen molar-refractivity contribution in [1.82, 2.24) is 19.4 Å². The molecule has 2 aromatic heterocycles. The highest BCUT2D eigenvalue weighted by molar-refractivity contribution is 7.18. The summed E-state index contributed by atoms with van der Waals surface area (Å²) in [7, 11) is 5.33. The summed E-state index contributed by atoms with van der Waals surface area (Å²) in [6.45, 7) is 0.653. The average molecular weight is 490 g/mol. The molecule has 0 bridgehead atoms. The number of amides is 2. The fourth-order valence-electron chi connectivity index (χ4n) is 3.89. The molecule has 1 aliphatic rings. The molecule has 1 aliphatic heterocycles. The van der Waals surface area contributed by atoms with Gasteiger partial charge in [-0.15, -0.1) is 11.3 Å². The van der Waals surface area contributed by atoms with Gasteiger partial charge in [0.2, 0.25) is 11.8 Å². The van der Waals surface area contributed by atoms with E-state index in [9.17, 15) is 19.5 Å². The highest BCUT2D eigenvalue weighted by Gasteiger charge is 2.33. The van der Waals surface area contributed by atoms with Gasteiger partial charge in [-0.1, -0.05) is 11.6 Å². The van der Waals surface area contributed by atoms with Crippen molar-refractivity contribution in [1.29, 1.82) is 0 Å². The smallest absolute Gasteiger partial charge is 0.335 e. The van der Waals surface area contributed by atoms with E-state index in [0.717, 1.165) is 0 Å². The van der Waals surface area contributed by atoms with Crippen LogP contribution in [0.15, 0.2) is 41.2 Å². The molecule has 2 amide bonds. The first-order chi connectivity index (χ1) is 15.7. The van der Waals surface area contributed by atoms with E-state index >= 15 is 0 Å². The van der Waals surface area contributed by atoms with E-state index in [1.54, 1.807) is 48.3 Å². The Morgan fingerprint density at radius 3 is 2.48 bits per heavy atom. The first-order valence-corrected chi connectivity index (χ1v) is 11.5. The molecule has 0 aliphatic carbocycles. The topological polar surface area (TPSA) is 99.8 Å². The quantitative estimate of drug-likeness (QED) is 0.554. The maximum atomic E-state index is 13.0. The summed E-state index contributed by atoms with van der Waals surface area (Å²) < 4.78 is 3.19. The normalized spacial score (nSPS) is 15.0. The number of nitrogens with one attached hydrogen (secondary N) is 1. The van der Waals surface area contributed by atoms with Gasteiger partial charge in [-0.2, -0.15) is 0 Å². The van der Waals surface area contributed by atoms with E-state index in [2.05, 4.69) is 5.32 Å². The van der Waals surface area contributed by atoms with E-state index in [4.69, 9.17) is 11.6 Å². The Morgan fingerprint density at radius 2 is 1.88 bits per heavy atom. The number of nitrogens with zero attached hydrogens (tertiary/aromatic N) is 4. The monoisotopic (exact) mass is 489 g/mol. The van der Waals surface area contributed by atoms with E-state index in [-0.39, 0.29) is 29.9 Å². The number of hydrogen-bond acceptors (Lipinski definition) is 6. The van der Waals surface area contributed by atoms with E-state index in [1.165, 1.54) is 25.4 Å². The van der Waals surface area contributed by atoms with Gasteiger partial charge in [-0.25, -0.2) is 9.36 Å². The number of aromatic hydroxyl groups is 1. The van der Waals surface area contributed by atoms with Crippen LogP contribution in [-0.2, 0) is 11.3 Å². The van der Waals surface area contributed by atoms with Gasteiger partial charge in [-0.3, -0.25) is 14.2 Å². The molecule has 0 radical (unpaired) electrons. The molecule has 174 valence electrons. The number of imidazole rings is 1. The molecule has 0 spiro atoms. The zero-order valence-electron chi connectivity index (χ0n) is 18.4. The van der Waals surface area contributed by atoms with Crippen LogP contribution < -0.4 is 15.9 Å². The Labute approximate surface area is 199 Å². The summed E-state index contributed by atoms with van der Waals surface area (Å²) >= 11 is 7.08. The fraction of sp³-hybridized carbons (Fsp3) is 0.318. The maximum Gasteiger partial charge on any atom is 0.335 e. The summed E-state index contributed by atoms with van der Waals surface area (Å²) in [5.41, 5.74) is 1.12. The second kappa shape index (κ2) is 9.05. The third-order valence-electron chi connectivity index (χ3n) is 5.55. The third-order valence-corrected chi connectivity index (χ3v) is 6.78. The Kier molecular flexibility index (Phi) is 6.33. The molecular weight excluding hydrogens is 466 g/mol. The lowest BCUT2D eigenvalue weighted by Gasteiger charge is -2.20. The van der Waals surface area contributed by atoms with Gasteiger partial charge < -0.3 is 20.2 Å². The van der Waals surface area contributed by atoms with Crippen LogP contribution in [0.1, 0.15) is 27.8 Å². The zero-order valence-corrected chi connectivity index (χ0v) is 20.0. The number of hydrogen-bond donors (Lipinski definition) is 2. The van der Waals surface area contributed by atoms with Crippen molar-refractivity contribution in [2.24, 2.45) is 0 Å². The zero-order chi connectivity index (χ0) is 23.9. The largest absolute Gasteiger partial charge is 0.493 e. The number of thiophene rings is 1. The second-order valence-electron chi connectivity index (χ2n) is 8.10. The minimum absolute atomic E-state index is 0.0683. The molecule has 0 unspecified atom stereocenters. The molecule has 33 heavy (non-hydrogen) atoms. The molecule has 11 heteroatoms. The Hall–Kier alpha value is -3.08. The lowest BCUT2D eigenvalue weighted by atomic mass is 10.2. The number of rotatable bonds is 6. The van der Waals surface area contributed by atoms with Crippen molar-refractivity contribution in [3.8, 4) is 11.6 Å². The SMILES string of the molecule is CN(C)CC(=O)N(C)c1ccc(-n2c(O)c3n(c2=O)CC[C@H]3NC(=O)c2ccc(Cl)s2)cc1. The van der Waals surface area contributed by atoms with Crippen LogP contribution >= 0.6 is 22.9 Å². The summed E-state index contributed by atoms with van der Waals surface area (Å²) in [5, 5.41) is 13.8. The van der Waals surface area contributed by atoms with Crippen LogP contribution in [0.4, 0.5) is 5.69 Å². The van der Waals surface area contributed by atoms with Gasteiger partial charge in [0.1, 0.15) is 5.69 Å². The molecule has 0 fully saturated rings. The highest BCUT2D eigenvalue weighted by Crippen LogP contribution is 2.34. The van der Waals surface area contributed by atoms with Crippen LogP contribution in [0.5, 0.6) is 5.88 Å². The fourth-order valence-corrected chi connectivity index (χ4v) is 4.84. The van der Waals surface area contributed by atoms with Gasteiger partial charge >= 0.3 is 5.69 Å². The summed E-state index contributed by atoms with van der Waals surface area (Å²) in [6.07, 6.45) is 0.502. The number of halogens is 1.